The molecule has 5 heteroatoms. The standard InChI is InChI=1S/C14H10F2N2O/c15-12-6-3-5-10(8-12)14(19)18-17-9-11-4-1-2-7-13(11)16/h1-9H,(H,18,19). The average Bonchev–Trinajstić information content (AvgIpc) is 2.41. The van der Waals surface area contributed by atoms with Gasteiger partial charge in [-0.25, -0.2) is 14.2 Å². The fourth-order valence-corrected chi connectivity index (χ4v) is 1.43. The second-order valence-corrected chi connectivity index (χ2v) is 3.73. The van der Waals surface area contributed by atoms with Crippen molar-refractivity contribution in [3.05, 3.63) is 71.3 Å². The van der Waals surface area contributed by atoms with Crippen molar-refractivity contribution < 1.29 is 13.6 Å². The molecule has 19 heavy (non-hydrogen) atoms. The number of hydrogen-bond donors (Lipinski definition) is 1. The van der Waals surface area contributed by atoms with E-state index in [2.05, 4.69) is 10.5 Å². The number of benzene rings is 2. The number of hydrogen-bond acceptors (Lipinski definition) is 2. The van der Waals surface area contributed by atoms with E-state index >= 15 is 0 Å². The Morgan fingerprint density at radius 2 is 1.89 bits per heavy atom. The number of amides is 1. The Bertz CT molecular complexity index is 626. The van der Waals surface area contributed by atoms with Gasteiger partial charge in [0.2, 0.25) is 0 Å². The second kappa shape index (κ2) is 5.86. The predicted octanol–water partition coefficient (Wildman–Crippen LogP) is 2.73. The van der Waals surface area contributed by atoms with Crippen LogP contribution in [-0.4, -0.2) is 12.1 Å². The van der Waals surface area contributed by atoms with Crippen molar-refractivity contribution in [1.29, 1.82) is 0 Å². The predicted molar refractivity (Wildman–Crippen MR) is 67.9 cm³/mol. The summed E-state index contributed by atoms with van der Waals surface area (Å²) in [6.45, 7) is 0. The van der Waals surface area contributed by atoms with Crippen LogP contribution in [0.2, 0.25) is 0 Å². The van der Waals surface area contributed by atoms with Crippen molar-refractivity contribution in [2.75, 3.05) is 0 Å². The molecule has 0 saturated carbocycles. The van der Waals surface area contributed by atoms with Gasteiger partial charge in [-0.05, 0) is 24.3 Å². The Morgan fingerprint density at radius 1 is 1.11 bits per heavy atom. The summed E-state index contributed by atoms with van der Waals surface area (Å²) < 4.78 is 26.1. The maximum atomic E-state index is 13.2. The fraction of sp³-hybridized carbons (Fsp3) is 0. The summed E-state index contributed by atoms with van der Waals surface area (Å²) in [4.78, 5) is 11.6. The molecule has 2 rings (SSSR count). The van der Waals surface area contributed by atoms with Gasteiger partial charge in [-0.15, -0.1) is 0 Å². The molecular formula is C14H10F2N2O. The zero-order valence-electron chi connectivity index (χ0n) is 9.81. The van der Waals surface area contributed by atoms with Gasteiger partial charge >= 0.3 is 0 Å². The van der Waals surface area contributed by atoms with Gasteiger partial charge in [-0.3, -0.25) is 4.79 Å². The molecule has 0 unspecified atom stereocenters. The van der Waals surface area contributed by atoms with Crippen LogP contribution in [0.1, 0.15) is 15.9 Å². The van der Waals surface area contributed by atoms with Crippen molar-refractivity contribution in [2.24, 2.45) is 5.10 Å². The summed E-state index contributed by atoms with van der Waals surface area (Å²) >= 11 is 0. The molecule has 0 spiro atoms. The Morgan fingerprint density at radius 3 is 2.63 bits per heavy atom. The Kier molecular flexibility index (Phi) is 3.97. The van der Waals surface area contributed by atoms with Crippen LogP contribution in [0.25, 0.3) is 0 Å². The molecule has 0 aliphatic heterocycles. The van der Waals surface area contributed by atoms with Crippen LogP contribution >= 0.6 is 0 Å². The molecule has 0 bridgehead atoms. The first-order chi connectivity index (χ1) is 9.16. The highest BCUT2D eigenvalue weighted by molar-refractivity contribution is 5.94. The topological polar surface area (TPSA) is 41.5 Å². The summed E-state index contributed by atoms with van der Waals surface area (Å²) in [6.07, 6.45) is 1.19. The molecule has 2 aromatic rings. The highest BCUT2D eigenvalue weighted by atomic mass is 19.1. The molecule has 0 aliphatic carbocycles. The van der Waals surface area contributed by atoms with Crippen LogP contribution in [0.15, 0.2) is 53.6 Å². The van der Waals surface area contributed by atoms with Crippen LogP contribution in [0.3, 0.4) is 0 Å². The van der Waals surface area contributed by atoms with E-state index in [9.17, 15) is 13.6 Å². The van der Waals surface area contributed by atoms with Crippen LogP contribution in [0, 0.1) is 11.6 Å². The van der Waals surface area contributed by atoms with Gasteiger partial charge in [0.15, 0.2) is 0 Å². The summed E-state index contributed by atoms with van der Waals surface area (Å²) in [5.41, 5.74) is 2.60. The number of nitrogens with zero attached hydrogens (tertiary/aromatic N) is 1. The van der Waals surface area contributed by atoms with Gasteiger partial charge in [-0.2, -0.15) is 5.10 Å². The summed E-state index contributed by atoms with van der Waals surface area (Å²) in [7, 11) is 0. The summed E-state index contributed by atoms with van der Waals surface area (Å²) in [6, 6.07) is 11.2. The molecule has 0 atom stereocenters. The molecular weight excluding hydrogens is 250 g/mol. The first-order valence-corrected chi connectivity index (χ1v) is 5.50. The summed E-state index contributed by atoms with van der Waals surface area (Å²) in [5, 5.41) is 3.62. The van der Waals surface area contributed by atoms with E-state index in [4.69, 9.17) is 0 Å². The number of halogens is 2. The number of rotatable bonds is 3. The van der Waals surface area contributed by atoms with Crippen molar-refractivity contribution in [3.63, 3.8) is 0 Å². The Labute approximate surface area is 108 Å². The van der Waals surface area contributed by atoms with E-state index in [0.29, 0.717) is 0 Å². The lowest BCUT2D eigenvalue weighted by molar-refractivity contribution is 0.0954. The molecule has 0 radical (unpaired) electrons. The lowest BCUT2D eigenvalue weighted by Crippen LogP contribution is -2.17. The maximum absolute atomic E-state index is 13.2. The first kappa shape index (κ1) is 12.9. The minimum atomic E-state index is -0.563. The minimum absolute atomic E-state index is 0.144. The Hall–Kier alpha value is -2.56. The van der Waals surface area contributed by atoms with E-state index in [1.807, 2.05) is 0 Å². The Balaban J connectivity index is 2.03. The van der Waals surface area contributed by atoms with E-state index in [-0.39, 0.29) is 11.1 Å². The molecule has 2 aromatic carbocycles. The second-order valence-electron chi connectivity index (χ2n) is 3.73. The van der Waals surface area contributed by atoms with Crippen molar-refractivity contribution in [3.8, 4) is 0 Å². The normalized spacial score (nSPS) is 10.6. The zero-order chi connectivity index (χ0) is 13.7. The lowest BCUT2D eigenvalue weighted by atomic mass is 10.2. The molecule has 0 heterocycles. The van der Waals surface area contributed by atoms with Gasteiger partial charge in [0, 0.05) is 11.1 Å². The largest absolute Gasteiger partial charge is 0.271 e. The number of hydrazone groups is 1. The number of carbonyl (C=O) groups excluding carboxylic acids is 1. The molecule has 96 valence electrons. The quantitative estimate of drug-likeness (QED) is 0.669. The van der Waals surface area contributed by atoms with Crippen LogP contribution < -0.4 is 5.43 Å². The van der Waals surface area contributed by atoms with Gasteiger partial charge in [-0.1, -0.05) is 24.3 Å². The molecule has 1 N–H and O–H groups in total. The van der Waals surface area contributed by atoms with Gasteiger partial charge in [0.25, 0.3) is 5.91 Å². The van der Waals surface area contributed by atoms with Gasteiger partial charge in [0.1, 0.15) is 11.6 Å². The smallest absolute Gasteiger partial charge is 0.267 e. The third kappa shape index (κ3) is 3.45. The highest BCUT2D eigenvalue weighted by Gasteiger charge is 2.04. The minimum Gasteiger partial charge on any atom is -0.267 e. The maximum Gasteiger partial charge on any atom is 0.271 e. The zero-order valence-corrected chi connectivity index (χ0v) is 9.81. The molecule has 0 aromatic heterocycles. The molecule has 1 amide bonds. The van der Waals surface area contributed by atoms with Crippen LogP contribution in [-0.2, 0) is 0 Å². The van der Waals surface area contributed by atoms with Crippen molar-refractivity contribution in [1.82, 2.24) is 5.43 Å². The molecule has 0 aliphatic rings. The van der Waals surface area contributed by atoms with E-state index < -0.39 is 17.5 Å². The fourth-order valence-electron chi connectivity index (χ4n) is 1.43. The van der Waals surface area contributed by atoms with Gasteiger partial charge < -0.3 is 0 Å². The van der Waals surface area contributed by atoms with Crippen LogP contribution in [0.4, 0.5) is 8.78 Å². The molecule has 0 fully saturated rings. The van der Waals surface area contributed by atoms with Crippen LogP contribution in [0.5, 0.6) is 0 Å². The van der Waals surface area contributed by atoms with E-state index in [1.54, 1.807) is 12.1 Å². The SMILES string of the molecule is O=C(NN=Cc1ccccc1F)c1cccc(F)c1. The number of carbonyl (C=O) groups is 1. The van der Waals surface area contributed by atoms with Gasteiger partial charge in [0.05, 0.1) is 6.21 Å². The summed E-state index contributed by atoms with van der Waals surface area (Å²) in [5.74, 6) is -1.51. The van der Waals surface area contributed by atoms with Crippen molar-refractivity contribution >= 4 is 12.1 Å². The van der Waals surface area contributed by atoms with E-state index in [1.165, 1.54) is 36.5 Å². The van der Waals surface area contributed by atoms with E-state index in [0.717, 1.165) is 6.07 Å². The number of nitrogens with one attached hydrogen (secondary N) is 1. The lowest BCUT2D eigenvalue weighted by Gasteiger charge is -2.00. The molecule has 3 nitrogen and oxygen atoms in total. The van der Waals surface area contributed by atoms with Crippen molar-refractivity contribution in [2.45, 2.75) is 0 Å². The third-order valence-corrected chi connectivity index (χ3v) is 2.36. The third-order valence-electron chi connectivity index (χ3n) is 2.36. The highest BCUT2D eigenvalue weighted by Crippen LogP contribution is 2.04. The molecule has 0 saturated heterocycles. The monoisotopic (exact) mass is 260 g/mol. The first-order valence-electron chi connectivity index (χ1n) is 5.50. The average molecular weight is 260 g/mol.